The van der Waals surface area contributed by atoms with E-state index in [9.17, 15) is 68.7 Å². The van der Waals surface area contributed by atoms with E-state index in [0.29, 0.717) is 123 Å². The Morgan fingerprint density at radius 1 is 0.353 bits per heavy atom. The van der Waals surface area contributed by atoms with Crippen LogP contribution < -0.4 is 31.1 Å². The van der Waals surface area contributed by atoms with Gasteiger partial charge in [-0.2, -0.15) is 0 Å². The minimum atomic E-state index is -1.83. The Morgan fingerprint density at radius 2 is 0.617 bits per heavy atom. The van der Waals surface area contributed by atoms with Crippen molar-refractivity contribution in [3.05, 3.63) is 227 Å². The number of phenols is 2. The molecule has 692 valence electrons. The number of ether oxygens (including phenoxy) is 5. The van der Waals surface area contributed by atoms with Crippen molar-refractivity contribution in [2.24, 2.45) is 0 Å². The predicted octanol–water partition coefficient (Wildman–Crippen LogP) is 15.3. The largest absolute Gasteiger partial charge is 0.543 e. The number of carbonyl (C=O) groups is 5. The highest BCUT2D eigenvalue weighted by Crippen LogP contribution is 2.49. The second-order valence-corrected chi connectivity index (χ2v) is 44.9. The van der Waals surface area contributed by atoms with Crippen molar-refractivity contribution >= 4 is 90.1 Å². The molecule has 31 heteroatoms. The summed E-state index contributed by atoms with van der Waals surface area (Å²) in [6.07, 6.45) is 3.48. The minimum Gasteiger partial charge on any atom is -0.543 e. The number of aromatic hydroxyl groups is 2. The highest BCUT2D eigenvalue weighted by atomic mass is 28.4. The van der Waals surface area contributed by atoms with Crippen molar-refractivity contribution in [2.75, 3.05) is 0 Å². The van der Waals surface area contributed by atoms with E-state index in [4.69, 9.17) is 52.5 Å². The van der Waals surface area contributed by atoms with Gasteiger partial charge in [0, 0.05) is 73.0 Å². The van der Waals surface area contributed by atoms with Crippen LogP contribution in [0.25, 0.3) is 89.2 Å². The summed E-state index contributed by atoms with van der Waals surface area (Å²) < 4.78 is 46.2. The molecule has 133 heavy (non-hydrogen) atoms. The van der Waals surface area contributed by atoms with Gasteiger partial charge in [0.1, 0.15) is 49.4 Å². The van der Waals surface area contributed by atoms with Crippen molar-refractivity contribution < 1.29 is 82.0 Å². The fourth-order valence-electron chi connectivity index (χ4n) is 21.2. The first-order chi connectivity index (χ1) is 63.7. The quantitative estimate of drug-likeness (QED) is 0.0285. The molecule has 4 aromatic carbocycles. The van der Waals surface area contributed by atoms with Gasteiger partial charge in [-0.25, -0.2) is 39.1 Å². The molecule has 16 heterocycles. The van der Waals surface area contributed by atoms with Gasteiger partial charge in [-0.05, 0) is 207 Å². The Kier molecular flexibility index (Phi) is 24.0. The topological polar surface area (TPSA) is 391 Å². The number of benzene rings is 4. The van der Waals surface area contributed by atoms with Gasteiger partial charge in [0.2, 0.25) is 22.2 Å². The number of hydrogen-bond acceptors (Lipinski definition) is 25. The Hall–Kier alpha value is -12.8. The van der Waals surface area contributed by atoms with Gasteiger partial charge >= 0.3 is 29.8 Å². The molecule has 12 aromatic rings. The normalized spacial score (nSPS) is 18.8. The summed E-state index contributed by atoms with van der Waals surface area (Å²) in [4.78, 5) is 135. The van der Waals surface area contributed by atoms with Crippen molar-refractivity contribution in [3.8, 4) is 68.5 Å². The number of carbonyl (C=O) groups excluding carboxylic acids is 5. The fourth-order valence-corrected chi connectivity index (χ4v) is 26.3. The summed E-state index contributed by atoms with van der Waals surface area (Å²) in [5.41, 5.74) is 11.1. The number of aryl methyl sites for hydroxylation is 4. The van der Waals surface area contributed by atoms with Crippen molar-refractivity contribution in [1.29, 1.82) is 0 Å². The molecule has 0 saturated heterocycles. The van der Waals surface area contributed by atoms with E-state index in [1.54, 1.807) is 107 Å². The number of esters is 5. The van der Waals surface area contributed by atoms with Gasteiger partial charge in [0.15, 0.2) is 16.8 Å². The molecule has 0 saturated carbocycles. The SMILES string of the molecule is CCc1c2c(nc3ccc(O)cc13)-c1cc3c(c(=O)n1C2)COC(=O)[C@@]3(CC)OC(C)=O.CCc1c2c(nc3ccc(O)cc13)-c1cc3c(c(=O)n1C2)COC(=O)[C@]3(O)CC.CCc1c2c(nc3ccc(O[Si](CC)(CC)CC)cc13)-c1cc3c(c(=O)n1C2)COC(=O)[C@]3(O)CC.CCc1c2c(nc3ccc(O[Si](CC)(CC)CC)cc13)-c1cc3c(c(=O)n1C2)COC(=O)[C@]3(O)CC. The number of aromatic nitrogens is 8. The number of aliphatic hydroxyl groups is 3. The van der Waals surface area contributed by atoms with Crippen LogP contribution in [0.3, 0.4) is 0 Å². The highest BCUT2D eigenvalue weighted by Gasteiger charge is 2.53. The zero-order valence-electron chi connectivity index (χ0n) is 77.6. The zero-order valence-corrected chi connectivity index (χ0v) is 79.6. The molecule has 0 fully saturated rings. The Morgan fingerprint density at radius 3 is 0.880 bits per heavy atom. The molecule has 0 aliphatic carbocycles. The van der Waals surface area contributed by atoms with Crippen molar-refractivity contribution in [3.63, 3.8) is 0 Å². The van der Waals surface area contributed by atoms with Crippen LogP contribution in [0.1, 0.15) is 219 Å². The summed E-state index contributed by atoms with van der Waals surface area (Å²) in [6.45, 7) is 30.6. The highest BCUT2D eigenvalue weighted by molar-refractivity contribution is 6.74. The molecule has 0 unspecified atom stereocenters. The molecule has 0 radical (unpaired) electrons. The molecule has 0 bridgehead atoms. The minimum absolute atomic E-state index is 0.110. The van der Waals surface area contributed by atoms with Crippen LogP contribution >= 0.6 is 0 Å². The molecular formula is C102H110N8O21Si2. The van der Waals surface area contributed by atoms with Crippen LogP contribution in [-0.4, -0.2) is 110 Å². The summed E-state index contributed by atoms with van der Waals surface area (Å²) in [5, 5.41) is 56.8. The van der Waals surface area contributed by atoms with Crippen LogP contribution in [0.2, 0.25) is 36.3 Å². The Labute approximate surface area is 768 Å². The number of cyclic esters (lactones) is 4. The van der Waals surface area contributed by atoms with Crippen LogP contribution in [0.4, 0.5) is 0 Å². The standard InChI is InChI=1S/2C28H34N2O5Si.C24H22N2O6.C22H20N2O5/c2*1-6-18-19-13-17(35-36(8-3,9-4)10-5)11-12-23(19)29-25-20(18)15-30-24(25)14-22-21(26(30)31)16-34-27(32)28(22,33)7-2;1-4-14-15-8-13(28)6-7-19(15)25-21-16(14)10-26-20(21)9-18-17(22(26)29)11-31-23(30)24(18,5-2)32-12(3)27;1-3-12-13-7-11(25)5-6-17(13)23-19-14(12)9-24-18(19)8-16-15(20(24)26)10-29-21(27)22(16,28)4-2/h2*11-14,33H,6-10,15-16H2,1-5H3;6-9,28H,4-5,10-11H2,1-3H3;5-8,25,28H,3-4,9-10H2,1-2H3/t2*28-;24-;22-/m0000/s1. The Bertz CT molecular complexity index is 7010. The molecule has 8 aromatic heterocycles. The van der Waals surface area contributed by atoms with Crippen LogP contribution in [0.5, 0.6) is 23.0 Å². The summed E-state index contributed by atoms with van der Waals surface area (Å²) in [5.74, 6) is -1.35. The monoisotopic (exact) mass is 1840 g/mol. The van der Waals surface area contributed by atoms with Crippen molar-refractivity contribution in [1.82, 2.24) is 38.2 Å². The summed E-state index contributed by atoms with van der Waals surface area (Å²) in [6, 6.07) is 35.7. The van der Waals surface area contributed by atoms with E-state index in [0.717, 1.165) is 155 Å². The number of rotatable bonds is 19. The third kappa shape index (κ3) is 14.5. The van der Waals surface area contributed by atoms with E-state index in [1.807, 2.05) is 38.1 Å². The molecule has 8 aliphatic heterocycles. The molecular weight excluding hydrogens is 1730 g/mol. The van der Waals surface area contributed by atoms with Crippen LogP contribution in [-0.2, 0) is 148 Å². The van der Waals surface area contributed by atoms with Crippen molar-refractivity contribution in [2.45, 2.75) is 266 Å². The predicted molar refractivity (Wildman–Crippen MR) is 504 cm³/mol. The molecule has 29 nitrogen and oxygen atoms in total. The maximum absolute atomic E-state index is 13.5. The van der Waals surface area contributed by atoms with Crippen LogP contribution in [0.15, 0.2) is 116 Å². The second kappa shape index (κ2) is 34.7. The first-order valence-electron chi connectivity index (χ1n) is 46.4. The Balaban J connectivity index is 0.000000124. The number of pyridine rings is 8. The summed E-state index contributed by atoms with van der Waals surface area (Å²) >= 11 is 0. The van der Waals surface area contributed by atoms with Crippen LogP contribution in [0, 0.1) is 0 Å². The molecule has 20 rings (SSSR count). The van der Waals surface area contributed by atoms with Gasteiger partial charge in [0.25, 0.3) is 22.2 Å². The number of fused-ring (bicyclic) bond motifs is 20. The van der Waals surface area contributed by atoms with E-state index >= 15 is 0 Å². The van der Waals surface area contributed by atoms with Gasteiger partial charge in [-0.3, -0.25) is 24.0 Å². The third-order valence-electron chi connectivity index (χ3n) is 29.4. The first kappa shape index (κ1) is 92.1. The summed E-state index contributed by atoms with van der Waals surface area (Å²) in [7, 11) is -3.64. The molecule has 5 N–H and O–H groups in total. The molecule has 0 spiro atoms. The van der Waals surface area contributed by atoms with Gasteiger partial charge in [-0.15, -0.1) is 0 Å². The molecule has 8 aliphatic rings. The lowest BCUT2D eigenvalue weighted by molar-refractivity contribution is -0.188. The molecule has 0 amide bonds. The molecule has 4 atom stereocenters. The maximum atomic E-state index is 13.5. The number of nitrogens with zero attached hydrogens (tertiary/aromatic N) is 8. The third-order valence-corrected chi connectivity index (χ3v) is 38.4. The lowest BCUT2D eigenvalue weighted by atomic mass is 9.85. The fraction of sp³-hybridized carbons (Fsp3) is 0.402. The van der Waals surface area contributed by atoms with E-state index in [-0.39, 0.29) is 85.8 Å². The zero-order chi connectivity index (χ0) is 94.9. The maximum Gasteiger partial charge on any atom is 0.355 e. The van der Waals surface area contributed by atoms with Gasteiger partial charge in [-0.1, -0.05) is 96.9 Å². The lowest BCUT2D eigenvalue weighted by Gasteiger charge is -2.35. The lowest BCUT2D eigenvalue weighted by Crippen LogP contribution is -2.47. The number of phenolic OH excluding ortho intramolecular Hbond substituents is 2. The van der Waals surface area contributed by atoms with E-state index in [2.05, 4.69) is 67.5 Å². The average molecular weight is 1840 g/mol. The smallest absolute Gasteiger partial charge is 0.355 e. The average Bonchev–Trinajstić information content (AvgIpc) is 1.66. The number of hydrogen-bond donors (Lipinski definition) is 5. The van der Waals surface area contributed by atoms with E-state index in [1.165, 1.54) is 6.92 Å². The second-order valence-electron chi connectivity index (χ2n) is 35.5. The van der Waals surface area contributed by atoms with E-state index < -0.39 is 68.9 Å². The van der Waals surface area contributed by atoms with Gasteiger partial charge < -0.3 is 76.3 Å². The first-order valence-corrected chi connectivity index (χ1v) is 51.5. The van der Waals surface area contributed by atoms with Gasteiger partial charge in [0.05, 0.1) is 116 Å².